The van der Waals surface area contributed by atoms with Crippen molar-refractivity contribution < 1.29 is 53.8 Å². The molecule has 1 saturated heterocycles. The zero-order chi connectivity index (χ0) is 45.3. The molecule has 0 saturated carbocycles. The predicted molar refractivity (Wildman–Crippen MR) is 247 cm³/mol. The number of hydrogen-bond donors (Lipinski definition) is 4. The largest absolute Gasteiger partial charge is 0.479 e. The molecule has 0 amide bonds. The molecule has 11 nitrogen and oxygen atoms in total. The van der Waals surface area contributed by atoms with Gasteiger partial charge in [-0.2, -0.15) is 0 Å². The Labute approximate surface area is 374 Å². The zero-order valence-corrected chi connectivity index (χ0v) is 38.3. The van der Waals surface area contributed by atoms with Crippen LogP contribution < -0.4 is 0 Å². The first-order valence-electron chi connectivity index (χ1n) is 24.0. The van der Waals surface area contributed by atoms with E-state index in [-0.39, 0.29) is 19.4 Å². The third kappa shape index (κ3) is 31.5. The minimum atomic E-state index is -1.87. The summed E-state index contributed by atoms with van der Waals surface area (Å²) in [6.07, 6.45) is 42.3. The fourth-order valence-electron chi connectivity index (χ4n) is 6.78. The third-order valence-electron chi connectivity index (χ3n) is 10.5. The van der Waals surface area contributed by atoms with E-state index in [1.165, 1.54) is 32.1 Å². The molecule has 0 aromatic rings. The van der Waals surface area contributed by atoms with Gasteiger partial charge in [0.05, 0.1) is 6.61 Å². The lowest BCUT2D eigenvalue weighted by molar-refractivity contribution is -0.298. The lowest BCUT2D eigenvalue weighted by atomic mass is 9.99. The van der Waals surface area contributed by atoms with E-state index in [1.54, 1.807) is 0 Å². The molecule has 0 radical (unpaired) electrons. The van der Waals surface area contributed by atoms with E-state index in [0.717, 1.165) is 109 Å². The topological polar surface area (TPSA) is 169 Å². The summed E-state index contributed by atoms with van der Waals surface area (Å²) in [5, 5.41) is 39.9. The van der Waals surface area contributed by atoms with Crippen LogP contribution in [0.25, 0.3) is 0 Å². The fraction of sp³-hybridized carbons (Fsp3) is 0.706. The zero-order valence-electron chi connectivity index (χ0n) is 38.3. The highest BCUT2D eigenvalue weighted by atomic mass is 16.7. The van der Waals surface area contributed by atoms with E-state index in [4.69, 9.17) is 18.9 Å². The van der Waals surface area contributed by atoms with Crippen LogP contribution in [0.5, 0.6) is 0 Å². The maximum absolute atomic E-state index is 12.8. The number of unbranched alkanes of at least 4 members (excludes halogenated alkanes) is 16. The number of aliphatic carboxylic acids is 1. The molecule has 62 heavy (non-hydrogen) atoms. The molecule has 0 spiro atoms. The first-order chi connectivity index (χ1) is 30.2. The SMILES string of the molecule is CC/C=C\C/C=C\C/C=C\CCCCCCCCCC(=O)OC(COC(=O)CCCCCCCC/C=C\C/C=C\C/C=C\CCCCC)COC1OC(C(=O)O)C(O)C(O)C1O. The molecule has 6 atom stereocenters. The Morgan fingerprint density at radius 2 is 0.952 bits per heavy atom. The quantitative estimate of drug-likeness (QED) is 0.0263. The molecular weight excluding hydrogens is 789 g/mol. The summed E-state index contributed by atoms with van der Waals surface area (Å²) >= 11 is 0. The van der Waals surface area contributed by atoms with Gasteiger partial charge in [0.15, 0.2) is 18.5 Å². The van der Waals surface area contributed by atoms with Crippen molar-refractivity contribution in [1.82, 2.24) is 0 Å². The van der Waals surface area contributed by atoms with Crippen molar-refractivity contribution in [1.29, 1.82) is 0 Å². The molecule has 354 valence electrons. The van der Waals surface area contributed by atoms with Crippen LogP contribution in [-0.2, 0) is 33.3 Å². The van der Waals surface area contributed by atoms with Gasteiger partial charge in [-0.3, -0.25) is 9.59 Å². The van der Waals surface area contributed by atoms with Gasteiger partial charge in [-0.15, -0.1) is 0 Å². The number of esters is 2. The number of carbonyl (C=O) groups excluding carboxylic acids is 2. The normalized spacial score (nSPS) is 20.2. The van der Waals surface area contributed by atoms with Crippen LogP contribution in [0, 0.1) is 0 Å². The minimum absolute atomic E-state index is 0.165. The van der Waals surface area contributed by atoms with Crippen LogP contribution in [0.15, 0.2) is 72.9 Å². The fourth-order valence-corrected chi connectivity index (χ4v) is 6.78. The molecule has 0 aromatic carbocycles. The smallest absolute Gasteiger partial charge is 0.335 e. The summed E-state index contributed by atoms with van der Waals surface area (Å²) in [7, 11) is 0. The molecule has 0 aliphatic carbocycles. The number of aliphatic hydroxyl groups is 3. The molecule has 0 aromatic heterocycles. The number of ether oxygens (including phenoxy) is 4. The Kier molecular flexibility index (Phi) is 36.9. The first kappa shape index (κ1) is 56.7. The number of carbonyl (C=O) groups is 3. The van der Waals surface area contributed by atoms with E-state index in [1.807, 2.05) is 0 Å². The molecular formula is C51H84O11. The van der Waals surface area contributed by atoms with Gasteiger partial charge in [-0.25, -0.2) is 4.79 Å². The lowest BCUT2D eigenvalue weighted by Gasteiger charge is -2.38. The summed E-state index contributed by atoms with van der Waals surface area (Å²) < 4.78 is 21.8. The van der Waals surface area contributed by atoms with Crippen LogP contribution >= 0.6 is 0 Å². The highest BCUT2D eigenvalue weighted by Crippen LogP contribution is 2.23. The van der Waals surface area contributed by atoms with Crippen molar-refractivity contribution in [2.24, 2.45) is 0 Å². The highest BCUT2D eigenvalue weighted by Gasteiger charge is 2.47. The lowest BCUT2D eigenvalue weighted by Crippen LogP contribution is -2.60. The molecule has 1 rings (SSSR count). The van der Waals surface area contributed by atoms with Crippen molar-refractivity contribution in [2.75, 3.05) is 13.2 Å². The average molecular weight is 873 g/mol. The summed E-state index contributed by atoms with van der Waals surface area (Å²) in [5.41, 5.74) is 0. The molecule has 1 aliphatic rings. The number of rotatable bonds is 39. The second kappa shape index (κ2) is 40.4. The molecule has 0 bridgehead atoms. The summed E-state index contributed by atoms with van der Waals surface area (Å²) in [4.78, 5) is 36.9. The van der Waals surface area contributed by atoms with Crippen LogP contribution in [0.4, 0.5) is 0 Å². The Hall–Kier alpha value is -3.35. The van der Waals surface area contributed by atoms with Crippen molar-refractivity contribution >= 4 is 17.9 Å². The standard InChI is InChI=1S/C51H84O11/c1-3-5-7-9-11-13-15-17-19-21-22-24-25-27-29-31-33-35-37-39-44(52)59-41-43(42-60-51-48(56)46(54)47(55)49(62-51)50(57)58)61-45(53)40-38-36-34-32-30-28-26-23-20-18-16-14-12-10-8-6-4-2/h6,8,11-14,17-20,22,24,43,46-49,51,54-56H,3-5,7,9-10,15-16,21,23,25-42H2,1-2H3,(H,57,58)/b8-6-,13-11-,14-12-,19-17-,20-18-,24-22-. The summed E-state index contributed by atoms with van der Waals surface area (Å²) in [6, 6.07) is 0. The Balaban J connectivity index is 2.36. The molecule has 1 aliphatic heterocycles. The highest BCUT2D eigenvalue weighted by molar-refractivity contribution is 5.73. The Bertz CT molecular complexity index is 1300. The van der Waals surface area contributed by atoms with E-state index in [0.29, 0.717) is 12.8 Å². The number of carboxylic acid groups (broad SMARTS) is 1. The van der Waals surface area contributed by atoms with Gasteiger partial charge in [0.1, 0.15) is 24.9 Å². The average Bonchev–Trinajstić information content (AvgIpc) is 3.26. The third-order valence-corrected chi connectivity index (χ3v) is 10.5. The van der Waals surface area contributed by atoms with Gasteiger partial charge in [-0.05, 0) is 83.5 Å². The number of hydrogen-bond acceptors (Lipinski definition) is 10. The van der Waals surface area contributed by atoms with E-state index in [9.17, 15) is 34.8 Å². The van der Waals surface area contributed by atoms with Crippen LogP contribution in [0.3, 0.4) is 0 Å². The van der Waals surface area contributed by atoms with Crippen molar-refractivity contribution in [2.45, 2.75) is 218 Å². The van der Waals surface area contributed by atoms with Gasteiger partial charge in [0.25, 0.3) is 0 Å². The number of aliphatic hydroxyl groups excluding tert-OH is 3. The Morgan fingerprint density at radius 1 is 0.516 bits per heavy atom. The van der Waals surface area contributed by atoms with Gasteiger partial charge in [-0.1, -0.05) is 157 Å². The van der Waals surface area contributed by atoms with Crippen molar-refractivity contribution in [3.8, 4) is 0 Å². The molecule has 1 heterocycles. The van der Waals surface area contributed by atoms with E-state index in [2.05, 4.69) is 86.8 Å². The van der Waals surface area contributed by atoms with E-state index < -0.39 is 61.3 Å². The van der Waals surface area contributed by atoms with Crippen molar-refractivity contribution in [3.05, 3.63) is 72.9 Å². The Morgan fingerprint density at radius 3 is 1.44 bits per heavy atom. The number of carboxylic acids is 1. The van der Waals surface area contributed by atoms with Gasteiger partial charge in [0, 0.05) is 12.8 Å². The maximum Gasteiger partial charge on any atom is 0.335 e. The van der Waals surface area contributed by atoms with Crippen LogP contribution in [0.2, 0.25) is 0 Å². The van der Waals surface area contributed by atoms with Crippen LogP contribution in [0.1, 0.15) is 181 Å². The first-order valence-corrected chi connectivity index (χ1v) is 24.0. The molecule has 6 unspecified atom stereocenters. The van der Waals surface area contributed by atoms with Gasteiger partial charge >= 0.3 is 17.9 Å². The second-order valence-corrected chi connectivity index (χ2v) is 16.2. The maximum atomic E-state index is 12.8. The van der Waals surface area contributed by atoms with Crippen molar-refractivity contribution in [3.63, 3.8) is 0 Å². The summed E-state index contributed by atoms with van der Waals surface area (Å²) in [5.74, 6) is -2.48. The summed E-state index contributed by atoms with van der Waals surface area (Å²) in [6.45, 7) is 3.66. The minimum Gasteiger partial charge on any atom is -0.479 e. The van der Waals surface area contributed by atoms with E-state index >= 15 is 0 Å². The van der Waals surface area contributed by atoms with Gasteiger partial charge in [0.2, 0.25) is 0 Å². The predicted octanol–water partition coefficient (Wildman–Crippen LogP) is 10.9. The molecule has 4 N–H and O–H groups in total. The number of allylic oxidation sites excluding steroid dienone is 12. The molecule has 1 fully saturated rings. The monoisotopic (exact) mass is 873 g/mol. The molecule has 11 heteroatoms. The van der Waals surface area contributed by atoms with Gasteiger partial charge < -0.3 is 39.4 Å². The second-order valence-electron chi connectivity index (χ2n) is 16.2. The van der Waals surface area contributed by atoms with Crippen LogP contribution in [-0.4, -0.2) is 88.4 Å².